The summed E-state index contributed by atoms with van der Waals surface area (Å²) in [5.74, 6) is -1.74. The lowest BCUT2D eigenvalue weighted by molar-refractivity contribution is -0.141. The molecule has 0 bridgehead atoms. The minimum Gasteiger partial charge on any atom is -0.355 e. The second-order valence-corrected chi connectivity index (χ2v) is 7.67. The van der Waals surface area contributed by atoms with Gasteiger partial charge < -0.3 is 10.6 Å². The van der Waals surface area contributed by atoms with Crippen LogP contribution < -0.4 is 10.6 Å². The predicted molar refractivity (Wildman–Crippen MR) is 112 cm³/mol. The van der Waals surface area contributed by atoms with Gasteiger partial charge in [0.05, 0.1) is 16.3 Å². The average molecular weight is 537 g/mol. The van der Waals surface area contributed by atoms with E-state index >= 15 is 0 Å². The van der Waals surface area contributed by atoms with E-state index in [0.717, 1.165) is 0 Å². The normalized spacial score (nSPS) is 11.3. The lowest BCUT2D eigenvalue weighted by Gasteiger charge is -2.14. The third-order valence-electron chi connectivity index (χ3n) is 3.94. The first kappa shape index (κ1) is 23.0. The van der Waals surface area contributed by atoms with Crippen LogP contribution in [0.4, 0.5) is 18.9 Å². The van der Waals surface area contributed by atoms with Gasteiger partial charge in [-0.25, -0.2) is 9.67 Å². The van der Waals surface area contributed by atoms with E-state index in [1.165, 1.54) is 37.5 Å². The van der Waals surface area contributed by atoms with Crippen molar-refractivity contribution in [2.45, 2.75) is 6.18 Å². The number of aromatic nitrogens is 3. The number of rotatable bonds is 4. The molecular weight excluding hydrogens is 526 g/mol. The maximum absolute atomic E-state index is 13.3. The lowest BCUT2D eigenvalue weighted by Crippen LogP contribution is -2.23. The summed E-state index contributed by atoms with van der Waals surface area (Å²) in [6, 6.07) is 6.14. The summed E-state index contributed by atoms with van der Waals surface area (Å²) in [6.07, 6.45) is -3.53. The molecule has 1 aromatic carbocycles. The minimum atomic E-state index is -4.82. The van der Waals surface area contributed by atoms with Crippen molar-refractivity contribution >= 4 is 56.6 Å². The first-order chi connectivity index (χ1) is 14.5. The van der Waals surface area contributed by atoms with Gasteiger partial charge in [-0.2, -0.15) is 18.3 Å². The van der Waals surface area contributed by atoms with Crippen LogP contribution in [0.1, 0.15) is 26.5 Å². The van der Waals surface area contributed by atoms with Crippen LogP contribution in [0, 0.1) is 0 Å². The molecule has 2 N–H and O–H groups in total. The third-order valence-corrected chi connectivity index (χ3v) is 5.08. The molecule has 31 heavy (non-hydrogen) atoms. The van der Waals surface area contributed by atoms with Gasteiger partial charge >= 0.3 is 6.18 Å². The molecule has 3 rings (SSSR count). The Balaban J connectivity index is 2.12. The summed E-state index contributed by atoms with van der Waals surface area (Å²) in [5, 5.41) is 8.46. The van der Waals surface area contributed by atoms with Crippen LogP contribution in [0.3, 0.4) is 0 Å². The first-order valence-corrected chi connectivity index (χ1v) is 9.88. The zero-order valence-corrected chi connectivity index (χ0v) is 18.5. The Morgan fingerprint density at radius 2 is 1.87 bits per heavy atom. The second-order valence-electron chi connectivity index (χ2n) is 5.98. The number of anilines is 1. The van der Waals surface area contributed by atoms with Gasteiger partial charge in [-0.05, 0) is 40.2 Å². The highest BCUT2D eigenvalue weighted by molar-refractivity contribution is 9.10. The number of nitrogens with one attached hydrogen (secondary N) is 2. The Bertz CT molecular complexity index is 1180. The number of amides is 2. The van der Waals surface area contributed by atoms with Gasteiger partial charge in [-0.15, -0.1) is 0 Å². The summed E-state index contributed by atoms with van der Waals surface area (Å²) in [5.41, 5.74) is -1.82. The molecule has 7 nitrogen and oxygen atoms in total. The van der Waals surface area contributed by atoms with E-state index in [4.69, 9.17) is 23.2 Å². The molecule has 162 valence electrons. The van der Waals surface area contributed by atoms with Crippen molar-refractivity contribution in [1.82, 2.24) is 20.1 Å². The van der Waals surface area contributed by atoms with Crippen LogP contribution in [-0.4, -0.2) is 33.6 Å². The molecule has 0 aliphatic carbocycles. The largest absolute Gasteiger partial charge is 0.435 e. The van der Waals surface area contributed by atoms with E-state index in [0.29, 0.717) is 10.7 Å². The van der Waals surface area contributed by atoms with E-state index in [1.54, 1.807) is 0 Å². The quantitative estimate of drug-likeness (QED) is 0.493. The van der Waals surface area contributed by atoms with Gasteiger partial charge in [-0.1, -0.05) is 23.2 Å². The van der Waals surface area contributed by atoms with E-state index in [9.17, 15) is 22.8 Å². The molecule has 0 saturated carbocycles. The van der Waals surface area contributed by atoms with Gasteiger partial charge in [0, 0.05) is 28.8 Å². The summed E-state index contributed by atoms with van der Waals surface area (Å²) in [7, 11) is 1.37. The van der Waals surface area contributed by atoms with E-state index < -0.39 is 29.4 Å². The number of hydrogen-bond donors (Lipinski definition) is 2. The second kappa shape index (κ2) is 8.85. The summed E-state index contributed by atoms with van der Waals surface area (Å²) in [4.78, 5) is 29.1. The SMILES string of the molecule is CNC(=O)c1cc(Cl)cc(Br)c1NC(=O)c1cc(C(F)(F)F)nn1-c1ncccc1Cl. The fourth-order valence-electron chi connectivity index (χ4n) is 2.57. The number of pyridine rings is 1. The number of carbonyl (C=O) groups is 2. The maximum Gasteiger partial charge on any atom is 0.435 e. The highest BCUT2D eigenvalue weighted by Gasteiger charge is 2.36. The number of carbonyl (C=O) groups excluding carboxylic acids is 2. The van der Waals surface area contributed by atoms with Gasteiger partial charge in [-0.3, -0.25) is 9.59 Å². The van der Waals surface area contributed by atoms with Crippen molar-refractivity contribution in [2.75, 3.05) is 12.4 Å². The van der Waals surface area contributed by atoms with Crippen LogP contribution in [-0.2, 0) is 6.18 Å². The molecule has 0 aliphatic heterocycles. The molecule has 0 fully saturated rings. The molecule has 0 saturated heterocycles. The van der Waals surface area contributed by atoms with Crippen molar-refractivity contribution in [1.29, 1.82) is 0 Å². The molecule has 2 amide bonds. The van der Waals surface area contributed by atoms with Gasteiger partial charge in [0.15, 0.2) is 11.5 Å². The molecule has 2 heterocycles. The van der Waals surface area contributed by atoms with Crippen LogP contribution in [0.15, 0.2) is 41.0 Å². The number of hydrogen-bond acceptors (Lipinski definition) is 4. The van der Waals surface area contributed by atoms with E-state index in [-0.39, 0.29) is 31.6 Å². The fraction of sp³-hybridized carbons (Fsp3) is 0.111. The number of benzene rings is 1. The molecule has 0 spiro atoms. The Morgan fingerprint density at radius 1 is 1.16 bits per heavy atom. The first-order valence-electron chi connectivity index (χ1n) is 8.33. The maximum atomic E-state index is 13.3. The smallest absolute Gasteiger partial charge is 0.355 e. The number of nitrogens with zero attached hydrogens (tertiary/aromatic N) is 3. The van der Waals surface area contributed by atoms with Crippen LogP contribution >= 0.6 is 39.1 Å². The van der Waals surface area contributed by atoms with Crippen LogP contribution in [0.25, 0.3) is 5.82 Å². The van der Waals surface area contributed by atoms with Crippen molar-refractivity contribution in [3.05, 3.63) is 68.0 Å². The summed E-state index contributed by atoms with van der Waals surface area (Å²) >= 11 is 15.2. The fourth-order valence-corrected chi connectivity index (χ4v) is 3.68. The third kappa shape index (κ3) is 4.83. The molecule has 0 unspecified atom stereocenters. The molecular formula is C18H11BrCl2F3N5O2. The topological polar surface area (TPSA) is 88.9 Å². The van der Waals surface area contributed by atoms with Crippen molar-refractivity contribution in [3.63, 3.8) is 0 Å². The van der Waals surface area contributed by atoms with Gasteiger partial charge in [0.1, 0.15) is 5.69 Å². The van der Waals surface area contributed by atoms with Crippen molar-refractivity contribution in [3.8, 4) is 5.82 Å². The lowest BCUT2D eigenvalue weighted by atomic mass is 10.1. The minimum absolute atomic E-state index is 0.00202. The highest BCUT2D eigenvalue weighted by atomic mass is 79.9. The average Bonchev–Trinajstić information content (AvgIpc) is 3.15. The Hall–Kier alpha value is -2.63. The number of alkyl halides is 3. The van der Waals surface area contributed by atoms with Crippen molar-refractivity contribution in [2.24, 2.45) is 0 Å². The van der Waals surface area contributed by atoms with Crippen LogP contribution in [0.2, 0.25) is 10.0 Å². The number of halogens is 6. The Labute approximate surface area is 191 Å². The Kier molecular flexibility index (Phi) is 6.58. The summed E-state index contributed by atoms with van der Waals surface area (Å²) in [6.45, 7) is 0. The monoisotopic (exact) mass is 535 g/mol. The van der Waals surface area contributed by atoms with E-state index in [1.807, 2.05) is 0 Å². The van der Waals surface area contributed by atoms with E-state index in [2.05, 4.69) is 36.6 Å². The molecule has 0 atom stereocenters. The van der Waals surface area contributed by atoms with Gasteiger partial charge in [0.25, 0.3) is 11.8 Å². The zero-order chi connectivity index (χ0) is 22.9. The predicted octanol–water partition coefficient (Wildman–Crippen LogP) is 4.97. The Morgan fingerprint density at radius 3 is 2.48 bits per heavy atom. The molecule has 0 radical (unpaired) electrons. The molecule has 0 aliphatic rings. The zero-order valence-electron chi connectivity index (χ0n) is 15.4. The van der Waals surface area contributed by atoms with Gasteiger partial charge in [0.2, 0.25) is 0 Å². The highest BCUT2D eigenvalue weighted by Crippen LogP contribution is 2.33. The molecule has 13 heteroatoms. The summed E-state index contributed by atoms with van der Waals surface area (Å²) < 4.78 is 40.8. The van der Waals surface area contributed by atoms with Crippen LogP contribution in [0.5, 0.6) is 0 Å². The molecule has 2 aromatic heterocycles. The molecule has 3 aromatic rings. The standard InChI is InChI=1S/C18H11BrCl2F3N5O2/c1-25-16(30)9-5-8(20)6-10(19)14(9)27-17(31)12-7-13(18(22,23)24)28-29(12)15-11(21)3-2-4-26-15/h2-7H,1H3,(H,25,30)(H,27,31). The van der Waals surface area contributed by atoms with Crippen molar-refractivity contribution < 1.29 is 22.8 Å².